The number of nitrogen functional groups attached to an aromatic ring is 1. The Bertz CT molecular complexity index is 249. The van der Waals surface area contributed by atoms with Crippen molar-refractivity contribution in [2.45, 2.75) is 31.6 Å². The van der Waals surface area contributed by atoms with Gasteiger partial charge in [0.15, 0.2) is 0 Å². The van der Waals surface area contributed by atoms with Crippen molar-refractivity contribution >= 4 is 18.1 Å². The molecule has 1 aromatic carbocycles. The van der Waals surface area contributed by atoms with Crippen molar-refractivity contribution in [2.75, 3.05) is 5.73 Å². The second kappa shape index (κ2) is 4.52. The molecule has 0 bridgehead atoms. The highest BCUT2D eigenvalue weighted by atomic mass is 35.5. The summed E-state index contributed by atoms with van der Waals surface area (Å²) in [5, 5.41) is 0. The standard InChI is InChI=1S/C11H15N.ClH/c12-11-7-5-10(6-8-11)9-3-1-2-4-9;/h5-9H,1-4,12H2;1H. The number of hydrogen-bond donors (Lipinski definition) is 1. The summed E-state index contributed by atoms with van der Waals surface area (Å²) in [6, 6.07) is 8.36. The lowest BCUT2D eigenvalue weighted by Crippen LogP contribution is -1.92. The van der Waals surface area contributed by atoms with Crippen molar-refractivity contribution in [3.8, 4) is 0 Å². The van der Waals surface area contributed by atoms with Gasteiger partial charge in [-0.2, -0.15) is 0 Å². The SMILES string of the molecule is Cl.Nc1ccc(C2CCCC2)cc1. The Hall–Kier alpha value is -0.690. The smallest absolute Gasteiger partial charge is 0.0314 e. The largest absolute Gasteiger partial charge is 0.399 e. The second-order valence-corrected chi connectivity index (χ2v) is 3.65. The topological polar surface area (TPSA) is 26.0 Å². The number of benzene rings is 1. The minimum atomic E-state index is 0. The Morgan fingerprint density at radius 2 is 1.54 bits per heavy atom. The molecule has 0 aromatic heterocycles. The molecule has 1 nitrogen and oxygen atoms in total. The lowest BCUT2D eigenvalue weighted by atomic mass is 9.98. The van der Waals surface area contributed by atoms with Gasteiger partial charge in [0, 0.05) is 5.69 Å². The molecule has 0 radical (unpaired) electrons. The van der Waals surface area contributed by atoms with Crippen LogP contribution in [0.2, 0.25) is 0 Å². The maximum Gasteiger partial charge on any atom is 0.0314 e. The van der Waals surface area contributed by atoms with Crippen LogP contribution in [0.5, 0.6) is 0 Å². The van der Waals surface area contributed by atoms with Gasteiger partial charge in [-0.15, -0.1) is 12.4 Å². The summed E-state index contributed by atoms with van der Waals surface area (Å²) in [5.74, 6) is 0.811. The molecule has 0 heterocycles. The highest BCUT2D eigenvalue weighted by Crippen LogP contribution is 2.33. The van der Waals surface area contributed by atoms with Crippen LogP contribution in [0, 0.1) is 0 Å². The zero-order chi connectivity index (χ0) is 8.39. The first-order valence-electron chi connectivity index (χ1n) is 4.72. The Morgan fingerprint density at radius 1 is 1.00 bits per heavy atom. The summed E-state index contributed by atoms with van der Waals surface area (Å²) >= 11 is 0. The molecule has 1 fully saturated rings. The normalized spacial score (nSPS) is 16.9. The Morgan fingerprint density at radius 3 is 2.08 bits per heavy atom. The van der Waals surface area contributed by atoms with Gasteiger partial charge in [-0.3, -0.25) is 0 Å². The molecular formula is C11H16ClN. The Kier molecular flexibility index (Phi) is 3.61. The fraction of sp³-hybridized carbons (Fsp3) is 0.455. The van der Waals surface area contributed by atoms with E-state index < -0.39 is 0 Å². The van der Waals surface area contributed by atoms with Crippen LogP contribution in [-0.2, 0) is 0 Å². The molecule has 0 aliphatic heterocycles. The van der Waals surface area contributed by atoms with E-state index in [0.29, 0.717) is 0 Å². The summed E-state index contributed by atoms with van der Waals surface area (Å²) in [4.78, 5) is 0. The number of anilines is 1. The van der Waals surface area contributed by atoms with Crippen LogP contribution in [0.1, 0.15) is 37.2 Å². The van der Waals surface area contributed by atoms with Crippen LogP contribution in [0.4, 0.5) is 5.69 Å². The van der Waals surface area contributed by atoms with Gasteiger partial charge in [0.1, 0.15) is 0 Å². The number of rotatable bonds is 1. The molecule has 1 aliphatic carbocycles. The zero-order valence-electron chi connectivity index (χ0n) is 7.70. The van der Waals surface area contributed by atoms with Crippen LogP contribution < -0.4 is 5.73 Å². The van der Waals surface area contributed by atoms with Gasteiger partial charge < -0.3 is 5.73 Å². The van der Waals surface area contributed by atoms with E-state index in [2.05, 4.69) is 12.1 Å². The van der Waals surface area contributed by atoms with Gasteiger partial charge in [0.05, 0.1) is 0 Å². The van der Waals surface area contributed by atoms with Crippen molar-refractivity contribution in [1.29, 1.82) is 0 Å². The van der Waals surface area contributed by atoms with Crippen molar-refractivity contribution in [3.63, 3.8) is 0 Å². The second-order valence-electron chi connectivity index (χ2n) is 3.65. The van der Waals surface area contributed by atoms with Crippen molar-refractivity contribution in [2.24, 2.45) is 0 Å². The third-order valence-electron chi connectivity index (χ3n) is 2.76. The molecule has 0 spiro atoms. The predicted molar refractivity (Wildman–Crippen MR) is 59.3 cm³/mol. The Labute approximate surface area is 85.7 Å². The molecular weight excluding hydrogens is 182 g/mol. The third-order valence-corrected chi connectivity index (χ3v) is 2.76. The summed E-state index contributed by atoms with van der Waals surface area (Å²) < 4.78 is 0. The summed E-state index contributed by atoms with van der Waals surface area (Å²) in [5.41, 5.74) is 7.97. The molecule has 0 unspecified atom stereocenters. The molecule has 1 aliphatic rings. The van der Waals surface area contributed by atoms with Crippen molar-refractivity contribution in [1.82, 2.24) is 0 Å². The van der Waals surface area contributed by atoms with E-state index in [-0.39, 0.29) is 12.4 Å². The molecule has 0 amide bonds. The quantitative estimate of drug-likeness (QED) is 0.687. The first kappa shape index (κ1) is 10.4. The summed E-state index contributed by atoms with van der Waals surface area (Å²) in [7, 11) is 0. The monoisotopic (exact) mass is 197 g/mol. The van der Waals surface area contributed by atoms with E-state index >= 15 is 0 Å². The maximum atomic E-state index is 5.63. The first-order valence-corrected chi connectivity index (χ1v) is 4.72. The number of nitrogens with two attached hydrogens (primary N) is 1. The van der Waals surface area contributed by atoms with Gasteiger partial charge in [-0.05, 0) is 36.5 Å². The molecule has 1 aromatic rings. The minimum Gasteiger partial charge on any atom is -0.399 e. The first-order chi connectivity index (χ1) is 5.86. The predicted octanol–water partition coefficient (Wildman–Crippen LogP) is 3.35. The van der Waals surface area contributed by atoms with E-state index in [4.69, 9.17) is 5.73 Å². The molecule has 13 heavy (non-hydrogen) atoms. The fourth-order valence-corrected chi connectivity index (χ4v) is 2.03. The lowest BCUT2D eigenvalue weighted by Gasteiger charge is -2.08. The van der Waals surface area contributed by atoms with Crippen LogP contribution in [0.3, 0.4) is 0 Å². The van der Waals surface area contributed by atoms with E-state index in [1.807, 2.05) is 12.1 Å². The molecule has 1 saturated carbocycles. The van der Waals surface area contributed by atoms with Crippen molar-refractivity contribution < 1.29 is 0 Å². The van der Waals surface area contributed by atoms with E-state index in [1.54, 1.807) is 0 Å². The van der Waals surface area contributed by atoms with Gasteiger partial charge in [-0.1, -0.05) is 25.0 Å². The van der Waals surface area contributed by atoms with Crippen LogP contribution >= 0.6 is 12.4 Å². The number of hydrogen-bond acceptors (Lipinski definition) is 1. The minimum absolute atomic E-state index is 0. The van der Waals surface area contributed by atoms with Crippen LogP contribution in [0.25, 0.3) is 0 Å². The highest BCUT2D eigenvalue weighted by Gasteiger charge is 2.16. The molecule has 0 atom stereocenters. The van der Waals surface area contributed by atoms with Gasteiger partial charge in [-0.25, -0.2) is 0 Å². The van der Waals surface area contributed by atoms with Gasteiger partial charge in [0.2, 0.25) is 0 Å². The zero-order valence-corrected chi connectivity index (χ0v) is 8.52. The highest BCUT2D eigenvalue weighted by molar-refractivity contribution is 5.85. The maximum absolute atomic E-state index is 5.63. The van der Waals surface area contributed by atoms with Crippen molar-refractivity contribution in [3.05, 3.63) is 29.8 Å². The molecule has 72 valence electrons. The van der Waals surface area contributed by atoms with Crippen LogP contribution in [-0.4, -0.2) is 0 Å². The molecule has 2 heteroatoms. The third kappa shape index (κ3) is 2.38. The van der Waals surface area contributed by atoms with E-state index in [9.17, 15) is 0 Å². The van der Waals surface area contributed by atoms with Crippen LogP contribution in [0.15, 0.2) is 24.3 Å². The van der Waals surface area contributed by atoms with Gasteiger partial charge in [0.25, 0.3) is 0 Å². The molecule has 2 rings (SSSR count). The average Bonchev–Trinajstić information content (AvgIpc) is 2.58. The van der Waals surface area contributed by atoms with E-state index in [1.165, 1.54) is 31.2 Å². The average molecular weight is 198 g/mol. The summed E-state index contributed by atoms with van der Waals surface area (Å²) in [6.45, 7) is 0. The molecule has 2 N–H and O–H groups in total. The summed E-state index contributed by atoms with van der Waals surface area (Å²) in [6.07, 6.45) is 5.53. The number of halogens is 1. The lowest BCUT2D eigenvalue weighted by molar-refractivity contribution is 0.723. The fourth-order valence-electron chi connectivity index (χ4n) is 2.03. The van der Waals surface area contributed by atoms with E-state index in [0.717, 1.165) is 11.6 Å². The molecule has 0 saturated heterocycles. The Balaban J connectivity index is 0.000000845. The van der Waals surface area contributed by atoms with Gasteiger partial charge >= 0.3 is 0 Å².